The first-order chi connectivity index (χ1) is 20.2. The zero-order valence-electron chi connectivity index (χ0n) is 22.5. The Morgan fingerprint density at radius 1 is 1.05 bits per heavy atom. The van der Waals surface area contributed by atoms with Crippen molar-refractivity contribution < 1.29 is 8.42 Å². The Labute approximate surface area is 246 Å². The summed E-state index contributed by atoms with van der Waals surface area (Å²) in [6.45, 7) is 3.67. The highest BCUT2D eigenvalue weighted by Crippen LogP contribution is 2.27. The first-order valence-corrected chi connectivity index (χ1v) is 14.7. The molecule has 13 heteroatoms. The second kappa shape index (κ2) is 12.0. The molecule has 0 amide bonds. The van der Waals surface area contributed by atoms with Crippen molar-refractivity contribution in [2.24, 2.45) is 0 Å². The van der Waals surface area contributed by atoms with Gasteiger partial charge in [0, 0.05) is 12.7 Å². The fourth-order valence-corrected chi connectivity index (χ4v) is 5.61. The van der Waals surface area contributed by atoms with Crippen LogP contribution in [0.3, 0.4) is 0 Å². The van der Waals surface area contributed by atoms with Gasteiger partial charge >= 0.3 is 0 Å². The molecule has 5 aromatic rings. The molecule has 2 aromatic carbocycles. The zero-order chi connectivity index (χ0) is 29.9. The molecule has 5 rings (SSSR count). The first-order valence-electron chi connectivity index (χ1n) is 12.8. The highest BCUT2D eigenvalue weighted by Gasteiger charge is 2.22. The number of halogens is 1. The van der Waals surface area contributed by atoms with Gasteiger partial charge in [0.15, 0.2) is 0 Å². The number of nitrogens with two attached hydrogens (primary N) is 1. The van der Waals surface area contributed by atoms with Gasteiger partial charge < -0.3 is 11.1 Å². The van der Waals surface area contributed by atoms with E-state index < -0.39 is 21.6 Å². The fraction of sp³-hybridized carbons (Fsp3) is 0.138. The molecule has 0 radical (unpaired) electrons. The number of fused-ring (bicyclic) bond motifs is 1. The minimum absolute atomic E-state index is 0.00442. The predicted octanol–water partition coefficient (Wildman–Crippen LogP) is 3.68. The SMILES string of the molecule is CCNS(=O)(=O)c1cccc(-n2c(C(C)Nc3ncnc(N)c3C#Cc3ccccn3)nc3cccc(Cl)c3c2=O)c1. The Kier molecular flexibility index (Phi) is 8.17. The topological polar surface area (TPSA) is 158 Å². The lowest BCUT2D eigenvalue weighted by Crippen LogP contribution is -2.28. The summed E-state index contributed by atoms with van der Waals surface area (Å²) in [6.07, 6.45) is 2.93. The number of sulfonamides is 1. The van der Waals surface area contributed by atoms with Crippen LogP contribution in [0.5, 0.6) is 0 Å². The van der Waals surface area contributed by atoms with Crippen LogP contribution in [-0.2, 0) is 10.0 Å². The molecule has 0 bridgehead atoms. The summed E-state index contributed by atoms with van der Waals surface area (Å²) < 4.78 is 29.3. The number of hydrogen-bond donors (Lipinski definition) is 3. The van der Waals surface area contributed by atoms with Crippen LogP contribution in [0, 0.1) is 11.8 Å². The highest BCUT2D eigenvalue weighted by molar-refractivity contribution is 7.89. The Morgan fingerprint density at radius 2 is 1.86 bits per heavy atom. The maximum Gasteiger partial charge on any atom is 0.267 e. The normalized spacial score (nSPS) is 12.0. The highest BCUT2D eigenvalue weighted by atomic mass is 35.5. The Bertz CT molecular complexity index is 2020. The van der Waals surface area contributed by atoms with E-state index in [1.54, 1.807) is 62.5 Å². The van der Waals surface area contributed by atoms with E-state index >= 15 is 0 Å². The summed E-state index contributed by atoms with van der Waals surface area (Å²) in [7, 11) is -3.80. The van der Waals surface area contributed by atoms with Gasteiger partial charge in [-0.3, -0.25) is 9.36 Å². The molecule has 1 atom stereocenters. The molecule has 11 nitrogen and oxygen atoms in total. The quantitative estimate of drug-likeness (QED) is 0.237. The van der Waals surface area contributed by atoms with Gasteiger partial charge in [-0.15, -0.1) is 0 Å². The molecule has 0 aliphatic carbocycles. The molecular formula is C29H25ClN8O3S. The largest absolute Gasteiger partial charge is 0.382 e. The number of hydrogen-bond acceptors (Lipinski definition) is 9. The van der Waals surface area contributed by atoms with Gasteiger partial charge in [-0.1, -0.05) is 42.6 Å². The van der Waals surface area contributed by atoms with Crippen LogP contribution < -0.4 is 21.3 Å². The minimum atomic E-state index is -3.80. The maximum absolute atomic E-state index is 14.0. The summed E-state index contributed by atoms with van der Waals surface area (Å²) in [4.78, 5) is 31.3. The van der Waals surface area contributed by atoms with Crippen LogP contribution in [0.1, 0.15) is 37.0 Å². The molecule has 0 saturated carbocycles. The number of benzene rings is 2. The summed E-state index contributed by atoms with van der Waals surface area (Å²) in [5.41, 5.74) is 7.23. The molecule has 4 N–H and O–H groups in total. The van der Waals surface area contributed by atoms with E-state index in [0.717, 1.165) is 0 Å². The molecule has 1 unspecified atom stereocenters. The van der Waals surface area contributed by atoms with Gasteiger partial charge in [-0.2, -0.15) is 0 Å². The average Bonchev–Trinajstić information content (AvgIpc) is 2.97. The number of nitrogens with one attached hydrogen (secondary N) is 2. The van der Waals surface area contributed by atoms with E-state index in [2.05, 4.69) is 36.8 Å². The van der Waals surface area contributed by atoms with Crippen molar-refractivity contribution in [2.75, 3.05) is 17.6 Å². The van der Waals surface area contributed by atoms with Gasteiger partial charge in [0.25, 0.3) is 5.56 Å². The molecular weight excluding hydrogens is 576 g/mol. The van der Waals surface area contributed by atoms with E-state index in [0.29, 0.717) is 22.6 Å². The standard InChI is InChI=1S/C29H25ClN8O3S/c1-3-35-42(40,41)21-10-6-9-20(16-21)38-28(37-24-12-7-11-23(30)25(24)29(38)39)18(2)36-27-22(26(31)33-17-34-27)14-13-19-8-4-5-15-32-19/h4-12,15-18,35H,3H2,1-2H3,(H3,31,33,34,36). The lowest BCUT2D eigenvalue weighted by Gasteiger charge is -2.21. The number of pyridine rings is 1. The van der Waals surface area contributed by atoms with Crippen LogP contribution in [0.4, 0.5) is 11.6 Å². The smallest absolute Gasteiger partial charge is 0.267 e. The van der Waals surface area contributed by atoms with E-state index in [1.165, 1.54) is 23.0 Å². The summed E-state index contributed by atoms with van der Waals surface area (Å²) in [6, 6.07) is 15.7. The minimum Gasteiger partial charge on any atom is -0.382 e. The summed E-state index contributed by atoms with van der Waals surface area (Å²) in [5, 5.41) is 3.66. The lowest BCUT2D eigenvalue weighted by atomic mass is 10.2. The van der Waals surface area contributed by atoms with Crippen molar-refractivity contribution in [2.45, 2.75) is 24.8 Å². The number of anilines is 2. The van der Waals surface area contributed by atoms with Crippen molar-refractivity contribution in [1.29, 1.82) is 0 Å². The van der Waals surface area contributed by atoms with Gasteiger partial charge in [0.2, 0.25) is 10.0 Å². The summed E-state index contributed by atoms with van der Waals surface area (Å²) >= 11 is 6.43. The molecule has 3 heterocycles. The average molecular weight is 601 g/mol. The van der Waals surface area contributed by atoms with Gasteiger partial charge in [0.1, 0.15) is 35.0 Å². The zero-order valence-corrected chi connectivity index (χ0v) is 24.1. The van der Waals surface area contributed by atoms with Gasteiger partial charge in [-0.25, -0.2) is 33.1 Å². The molecule has 212 valence electrons. The molecule has 0 aliphatic rings. The monoisotopic (exact) mass is 600 g/mol. The van der Waals surface area contributed by atoms with Crippen molar-refractivity contribution in [3.63, 3.8) is 0 Å². The Morgan fingerprint density at radius 3 is 2.62 bits per heavy atom. The van der Waals surface area contributed by atoms with Crippen molar-refractivity contribution >= 4 is 44.2 Å². The number of nitrogens with zero attached hydrogens (tertiary/aromatic N) is 5. The Balaban J connectivity index is 1.66. The summed E-state index contributed by atoms with van der Waals surface area (Å²) in [5.74, 6) is 6.67. The Hall–Kier alpha value is -4.83. The molecule has 42 heavy (non-hydrogen) atoms. The fourth-order valence-electron chi connectivity index (χ4n) is 4.27. The van der Waals surface area contributed by atoms with Crippen LogP contribution in [0.25, 0.3) is 16.6 Å². The van der Waals surface area contributed by atoms with Gasteiger partial charge in [0.05, 0.1) is 32.6 Å². The van der Waals surface area contributed by atoms with Crippen LogP contribution in [0.15, 0.2) is 82.9 Å². The molecule has 3 aromatic heterocycles. The maximum atomic E-state index is 14.0. The van der Waals surface area contributed by atoms with E-state index in [-0.39, 0.29) is 39.2 Å². The molecule has 0 spiro atoms. The van der Waals surface area contributed by atoms with E-state index in [4.69, 9.17) is 22.3 Å². The second-order valence-corrected chi connectivity index (χ2v) is 11.2. The predicted molar refractivity (Wildman–Crippen MR) is 162 cm³/mol. The number of aromatic nitrogens is 5. The molecule has 0 aliphatic heterocycles. The van der Waals surface area contributed by atoms with E-state index in [9.17, 15) is 13.2 Å². The van der Waals surface area contributed by atoms with E-state index in [1.807, 2.05) is 6.07 Å². The third-order valence-corrected chi connectivity index (χ3v) is 8.05. The molecule has 0 saturated heterocycles. The third-order valence-electron chi connectivity index (χ3n) is 6.19. The van der Waals surface area contributed by atoms with Crippen LogP contribution in [0.2, 0.25) is 5.02 Å². The number of nitrogen functional groups attached to an aromatic ring is 1. The first kappa shape index (κ1) is 28.7. The van der Waals surface area contributed by atoms with Crippen molar-refractivity contribution in [3.05, 3.63) is 106 Å². The van der Waals surface area contributed by atoms with Crippen LogP contribution in [-0.4, -0.2) is 39.5 Å². The van der Waals surface area contributed by atoms with Crippen LogP contribution >= 0.6 is 11.6 Å². The lowest BCUT2D eigenvalue weighted by molar-refractivity contribution is 0.583. The number of rotatable bonds is 7. The second-order valence-electron chi connectivity index (χ2n) is 9.06. The van der Waals surface area contributed by atoms with Crippen molar-refractivity contribution in [3.8, 4) is 17.5 Å². The molecule has 0 fully saturated rings. The van der Waals surface area contributed by atoms with Gasteiger partial charge in [-0.05, 0) is 55.3 Å². The third kappa shape index (κ3) is 5.80. The van der Waals surface area contributed by atoms with Crippen molar-refractivity contribution in [1.82, 2.24) is 29.2 Å².